The molecule has 1 aliphatic rings. The third-order valence-electron chi connectivity index (χ3n) is 2.91. The van der Waals surface area contributed by atoms with Crippen molar-refractivity contribution in [3.05, 3.63) is 54.0 Å². The van der Waals surface area contributed by atoms with E-state index in [1.165, 1.54) is 5.56 Å². The van der Waals surface area contributed by atoms with Crippen LogP contribution in [0.15, 0.2) is 58.4 Å². The van der Waals surface area contributed by atoms with Crippen molar-refractivity contribution in [1.29, 1.82) is 0 Å². The summed E-state index contributed by atoms with van der Waals surface area (Å²) in [5, 5.41) is 0. The Bertz CT molecular complexity index is 521. The standard InChI is InChI=1S/C15H17N3/c1-11(2)13-5-7-14(8-6-13)18-10-17-15(16-4)9-12(18)3/h5-11H,3-4H2,1-2H3. The zero-order valence-corrected chi connectivity index (χ0v) is 10.8. The summed E-state index contributed by atoms with van der Waals surface area (Å²) in [6, 6.07) is 8.41. The number of rotatable bonds is 3. The van der Waals surface area contributed by atoms with Gasteiger partial charge in [0.15, 0.2) is 5.82 Å². The molecular weight excluding hydrogens is 222 g/mol. The van der Waals surface area contributed by atoms with Gasteiger partial charge in [-0.1, -0.05) is 32.6 Å². The highest BCUT2D eigenvalue weighted by molar-refractivity contribution is 5.86. The number of hydrogen-bond donors (Lipinski definition) is 0. The maximum atomic E-state index is 4.19. The van der Waals surface area contributed by atoms with Crippen LogP contribution in [0.2, 0.25) is 0 Å². The van der Waals surface area contributed by atoms with Crippen LogP contribution in [0, 0.1) is 0 Å². The number of hydrogen-bond acceptors (Lipinski definition) is 3. The first kappa shape index (κ1) is 12.3. The van der Waals surface area contributed by atoms with Gasteiger partial charge < -0.3 is 4.90 Å². The van der Waals surface area contributed by atoms with Gasteiger partial charge in [0.2, 0.25) is 0 Å². The molecule has 1 heterocycles. The van der Waals surface area contributed by atoms with Crippen LogP contribution >= 0.6 is 0 Å². The lowest BCUT2D eigenvalue weighted by molar-refractivity contribution is 0.866. The van der Waals surface area contributed by atoms with E-state index >= 15 is 0 Å². The van der Waals surface area contributed by atoms with E-state index in [9.17, 15) is 0 Å². The Morgan fingerprint density at radius 2 is 1.89 bits per heavy atom. The summed E-state index contributed by atoms with van der Waals surface area (Å²) in [5.41, 5.74) is 3.21. The van der Waals surface area contributed by atoms with Gasteiger partial charge in [0.05, 0.1) is 0 Å². The fraction of sp³-hybridized carbons (Fsp3) is 0.200. The van der Waals surface area contributed by atoms with Crippen LogP contribution in [0.3, 0.4) is 0 Å². The van der Waals surface area contributed by atoms with E-state index in [-0.39, 0.29) is 0 Å². The average Bonchev–Trinajstić information content (AvgIpc) is 2.38. The fourth-order valence-corrected chi connectivity index (χ4v) is 1.79. The second-order valence-corrected chi connectivity index (χ2v) is 4.51. The molecule has 0 amide bonds. The molecule has 0 N–H and O–H groups in total. The van der Waals surface area contributed by atoms with Gasteiger partial charge in [-0.3, -0.25) is 0 Å². The summed E-state index contributed by atoms with van der Waals surface area (Å²) in [6.45, 7) is 11.8. The minimum Gasteiger partial charge on any atom is -0.301 e. The molecule has 3 nitrogen and oxygen atoms in total. The van der Waals surface area contributed by atoms with E-state index in [0.29, 0.717) is 11.7 Å². The van der Waals surface area contributed by atoms with Crippen LogP contribution in [0.1, 0.15) is 25.3 Å². The SMILES string of the molecule is C=NC1=CC(=C)N(c2ccc(C(C)C)cc2)C=N1. The first-order valence-electron chi connectivity index (χ1n) is 5.92. The lowest BCUT2D eigenvalue weighted by Gasteiger charge is -2.23. The Balaban J connectivity index is 2.24. The molecule has 0 fully saturated rings. The molecule has 0 radical (unpaired) electrons. The van der Waals surface area contributed by atoms with E-state index in [1.54, 1.807) is 6.34 Å². The third-order valence-corrected chi connectivity index (χ3v) is 2.91. The highest BCUT2D eigenvalue weighted by atomic mass is 15.2. The molecule has 0 aliphatic carbocycles. The maximum Gasteiger partial charge on any atom is 0.154 e. The van der Waals surface area contributed by atoms with Crippen molar-refractivity contribution in [3.63, 3.8) is 0 Å². The van der Waals surface area contributed by atoms with E-state index in [0.717, 1.165) is 11.4 Å². The minimum atomic E-state index is 0.536. The fourth-order valence-electron chi connectivity index (χ4n) is 1.79. The van der Waals surface area contributed by atoms with E-state index in [4.69, 9.17) is 0 Å². The monoisotopic (exact) mass is 239 g/mol. The van der Waals surface area contributed by atoms with Crippen LogP contribution < -0.4 is 4.90 Å². The van der Waals surface area contributed by atoms with Gasteiger partial charge in [0.25, 0.3) is 0 Å². The molecule has 0 atom stereocenters. The molecule has 3 heteroatoms. The van der Waals surface area contributed by atoms with Crippen LogP contribution in [-0.2, 0) is 0 Å². The van der Waals surface area contributed by atoms with E-state index in [1.807, 2.05) is 11.0 Å². The quantitative estimate of drug-likeness (QED) is 0.739. The summed E-state index contributed by atoms with van der Waals surface area (Å²) in [4.78, 5) is 9.90. The molecule has 1 aromatic rings. The zero-order chi connectivity index (χ0) is 13.1. The molecule has 18 heavy (non-hydrogen) atoms. The Morgan fingerprint density at radius 1 is 1.22 bits per heavy atom. The lowest BCUT2D eigenvalue weighted by Crippen LogP contribution is -2.21. The number of anilines is 1. The highest BCUT2D eigenvalue weighted by Crippen LogP contribution is 2.24. The maximum absolute atomic E-state index is 4.19. The Hall–Kier alpha value is -2.16. The van der Waals surface area contributed by atoms with Crippen molar-refractivity contribution in [2.24, 2.45) is 9.98 Å². The second kappa shape index (κ2) is 5.00. The molecule has 0 spiro atoms. The zero-order valence-electron chi connectivity index (χ0n) is 10.8. The van der Waals surface area contributed by atoms with Crippen molar-refractivity contribution in [3.8, 4) is 0 Å². The third kappa shape index (κ3) is 2.40. The van der Waals surface area contributed by atoms with Crippen molar-refractivity contribution in [1.82, 2.24) is 0 Å². The minimum absolute atomic E-state index is 0.536. The highest BCUT2D eigenvalue weighted by Gasteiger charge is 2.11. The number of allylic oxidation sites excluding steroid dienone is 1. The van der Waals surface area contributed by atoms with Crippen LogP contribution in [0.25, 0.3) is 0 Å². The molecule has 1 aromatic carbocycles. The van der Waals surface area contributed by atoms with Gasteiger partial charge in [-0.15, -0.1) is 0 Å². The van der Waals surface area contributed by atoms with Crippen molar-refractivity contribution in [2.45, 2.75) is 19.8 Å². The summed E-state index contributed by atoms with van der Waals surface area (Å²) in [6.07, 6.45) is 3.53. The van der Waals surface area contributed by atoms with Gasteiger partial charge in [0.1, 0.15) is 6.34 Å². The molecule has 0 bridgehead atoms. The first-order valence-corrected chi connectivity index (χ1v) is 5.92. The van der Waals surface area contributed by atoms with Crippen molar-refractivity contribution >= 4 is 18.7 Å². The second-order valence-electron chi connectivity index (χ2n) is 4.51. The Morgan fingerprint density at radius 3 is 2.39 bits per heavy atom. The predicted molar refractivity (Wildman–Crippen MR) is 78.3 cm³/mol. The van der Waals surface area contributed by atoms with Crippen molar-refractivity contribution < 1.29 is 0 Å². The van der Waals surface area contributed by atoms with Crippen LogP contribution in [0.4, 0.5) is 5.69 Å². The molecule has 0 aromatic heterocycles. The van der Waals surface area contributed by atoms with Crippen molar-refractivity contribution in [2.75, 3.05) is 4.90 Å². The molecule has 0 unspecified atom stereocenters. The Kier molecular flexibility index (Phi) is 3.42. The van der Waals surface area contributed by atoms with Gasteiger partial charge >= 0.3 is 0 Å². The average molecular weight is 239 g/mol. The normalized spacial score (nSPS) is 14.9. The van der Waals surface area contributed by atoms with Gasteiger partial charge in [-0.05, 0) is 30.3 Å². The first-order chi connectivity index (χ1) is 8.61. The van der Waals surface area contributed by atoms with Gasteiger partial charge in [-0.25, -0.2) is 9.98 Å². The van der Waals surface area contributed by atoms with E-state index in [2.05, 4.69) is 61.4 Å². The summed E-state index contributed by atoms with van der Waals surface area (Å²) in [5.74, 6) is 1.13. The van der Waals surface area contributed by atoms with Gasteiger partial charge in [0, 0.05) is 17.5 Å². The predicted octanol–water partition coefficient (Wildman–Crippen LogP) is 3.71. The van der Waals surface area contributed by atoms with Crippen LogP contribution in [0.5, 0.6) is 0 Å². The topological polar surface area (TPSA) is 28.0 Å². The molecule has 92 valence electrons. The lowest BCUT2D eigenvalue weighted by atomic mass is 10.0. The smallest absolute Gasteiger partial charge is 0.154 e. The number of aliphatic imine (C=N–C) groups is 2. The van der Waals surface area contributed by atoms with Gasteiger partial charge in [-0.2, -0.15) is 0 Å². The molecule has 0 saturated carbocycles. The van der Waals surface area contributed by atoms with Crippen LogP contribution in [-0.4, -0.2) is 13.1 Å². The Labute approximate surface area is 108 Å². The summed E-state index contributed by atoms with van der Waals surface area (Å²) < 4.78 is 0. The molecule has 0 saturated heterocycles. The molecule has 1 aliphatic heterocycles. The number of benzene rings is 1. The van der Waals surface area contributed by atoms with E-state index < -0.39 is 0 Å². The largest absolute Gasteiger partial charge is 0.301 e. The molecular formula is C15H17N3. The molecule has 2 rings (SSSR count). The summed E-state index contributed by atoms with van der Waals surface area (Å²) in [7, 11) is 0. The number of nitrogens with zero attached hydrogens (tertiary/aromatic N) is 3. The summed E-state index contributed by atoms with van der Waals surface area (Å²) >= 11 is 0.